The molecule has 0 aliphatic rings. The van der Waals surface area contributed by atoms with E-state index in [0.717, 1.165) is 20.5 Å². The summed E-state index contributed by atoms with van der Waals surface area (Å²) in [5.74, 6) is -0.142. The van der Waals surface area contributed by atoms with Gasteiger partial charge in [0, 0.05) is 25.9 Å². The molecule has 0 amide bonds. The van der Waals surface area contributed by atoms with Crippen molar-refractivity contribution < 1.29 is 4.39 Å². The zero-order chi connectivity index (χ0) is 15.7. The van der Waals surface area contributed by atoms with Gasteiger partial charge in [0.2, 0.25) is 0 Å². The smallest absolute Gasteiger partial charge is 0.142 e. The van der Waals surface area contributed by atoms with Crippen molar-refractivity contribution in [3.8, 4) is 27.8 Å². The number of halogens is 2. The number of pyridine rings is 1. The van der Waals surface area contributed by atoms with Crippen molar-refractivity contribution in [2.75, 3.05) is 5.73 Å². The summed E-state index contributed by atoms with van der Waals surface area (Å²) < 4.78 is 14.0. The molecule has 2 N–H and O–H groups in total. The van der Waals surface area contributed by atoms with Gasteiger partial charge in [-0.3, -0.25) is 0 Å². The Bertz CT molecular complexity index is 881. The van der Waals surface area contributed by atoms with E-state index in [0.29, 0.717) is 11.3 Å². The number of aromatic nitrogens is 1. The molecule has 108 valence electrons. The minimum absolute atomic E-state index is 0.170. The maximum Gasteiger partial charge on any atom is 0.142 e. The molecule has 0 aliphatic heterocycles. The number of nitrogen functional groups attached to an aromatic ring is 1. The monoisotopic (exact) mass is 373 g/mol. The Balaban J connectivity index is 2.20. The highest BCUT2D eigenvalue weighted by Gasteiger charge is 2.14. The molecule has 0 fully saturated rings. The molecule has 3 aromatic rings. The number of hydrogen-bond donors (Lipinski definition) is 1. The fraction of sp³-hybridized carbons (Fsp3) is 0. The van der Waals surface area contributed by atoms with Crippen LogP contribution in [0.1, 0.15) is 5.56 Å². The Morgan fingerprint density at radius 1 is 1.23 bits per heavy atom. The highest BCUT2D eigenvalue weighted by atomic mass is 79.9. The Morgan fingerprint density at radius 2 is 1.95 bits per heavy atom. The number of benzene rings is 1. The lowest BCUT2D eigenvalue weighted by Crippen LogP contribution is -1.99. The second-order valence-corrected chi connectivity index (χ2v) is 6.39. The molecular weight excluding hydrogens is 365 g/mol. The number of rotatable bonds is 2. The summed E-state index contributed by atoms with van der Waals surface area (Å²) in [4.78, 5) is 5.18. The molecule has 22 heavy (non-hydrogen) atoms. The summed E-state index contributed by atoms with van der Waals surface area (Å²) >= 11 is 4.91. The van der Waals surface area contributed by atoms with Crippen LogP contribution in [-0.2, 0) is 0 Å². The molecule has 0 aliphatic carbocycles. The van der Waals surface area contributed by atoms with Crippen molar-refractivity contribution in [2.24, 2.45) is 0 Å². The SMILES string of the molecule is N#Cc1c(-c2cc(Br)cs2)cc(-c2ccc(F)cc2)nc1N. The highest BCUT2D eigenvalue weighted by molar-refractivity contribution is 9.10. The standard InChI is InChI=1S/C16H9BrFN3S/c17-10-5-15(22-8-10)12-6-14(21-16(20)13(12)7-19)9-1-3-11(18)4-2-9/h1-6,8H,(H2,20,21). The van der Waals surface area contributed by atoms with E-state index in [-0.39, 0.29) is 11.6 Å². The van der Waals surface area contributed by atoms with Crippen LogP contribution in [0.4, 0.5) is 10.2 Å². The minimum Gasteiger partial charge on any atom is -0.383 e. The first-order valence-electron chi connectivity index (χ1n) is 6.29. The number of nitrogens with two attached hydrogens (primary N) is 1. The third-order valence-electron chi connectivity index (χ3n) is 3.13. The van der Waals surface area contributed by atoms with Gasteiger partial charge >= 0.3 is 0 Å². The van der Waals surface area contributed by atoms with Gasteiger partial charge in [-0.2, -0.15) is 5.26 Å². The van der Waals surface area contributed by atoms with Crippen LogP contribution in [0, 0.1) is 17.1 Å². The summed E-state index contributed by atoms with van der Waals surface area (Å²) in [5, 5.41) is 11.3. The zero-order valence-corrected chi connectivity index (χ0v) is 13.6. The van der Waals surface area contributed by atoms with Gasteiger partial charge in [-0.1, -0.05) is 0 Å². The first-order chi connectivity index (χ1) is 10.6. The van der Waals surface area contributed by atoms with E-state index in [1.807, 2.05) is 11.4 Å². The van der Waals surface area contributed by atoms with Gasteiger partial charge in [-0.25, -0.2) is 9.37 Å². The van der Waals surface area contributed by atoms with Gasteiger partial charge in [0.1, 0.15) is 23.3 Å². The van der Waals surface area contributed by atoms with Gasteiger partial charge < -0.3 is 5.73 Å². The van der Waals surface area contributed by atoms with E-state index in [2.05, 4.69) is 27.0 Å². The molecule has 0 saturated carbocycles. The lowest BCUT2D eigenvalue weighted by Gasteiger charge is -2.08. The van der Waals surface area contributed by atoms with E-state index in [9.17, 15) is 9.65 Å². The zero-order valence-electron chi connectivity index (χ0n) is 11.2. The number of thiophene rings is 1. The largest absolute Gasteiger partial charge is 0.383 e. The summed E-state index contributed by atoms with van der Waals surface area (Å²) in [6.07, 6.45) is 0. The molecule has 0 saturated heterocycles. The average molecular weight is 374 g/mol. The Kier molecular flexibility index (Phi) is 3.92. The number of anilines is 1. The van der Waals surface area contributed by atoms with Gasteiger partial charge in [-0.15, -0.1) is 11.3 Å². The average Bonchev–Trinajstić information content (AvgIpc) is 2.93. The molecule has 0 unspecified atom stereocenters. The Morgan fingerprint density at radius 3 is 2.55 bits per heavy atom. The van der Waals surface area contributed by atoms with Crippen molar-refractivity contribution in [1.82, 2.24) is 4.98 Å². The van der Waals surface area contributed by atoms with Gasteiger partial charge in [0.05, 0.1) is 5.69 Å². The molecule has 6 heteroatoms. The molecule has 0 radical (unpaired) electrons. The predicted octanol–water partition coefficient (Wildman–Crippen LogP) is 4.83. The van der Waals surface area contributed by atoms with Gasteiger partial charge in [0.15, 0.2) is 0 Å². The van der Waals surface area contributed by atoms with Crippen LogP contribution in [-0.4, -0.2) is 4.98 Å². The minimum atomic E-state index is -0.312. The van der Waals surface area contributed by atoms with Crippen LogP contribution in [0.15, 0.2) is 46.3 Å². The number of nitriles is 1. The highest BCUT2D eigenvalue weighted by Crippen LogP contribution is 2.36. The van der Waals surface area contributed by atoms with Crippen LogP contribution in [0.5, 0.6) is 0 Å². The maximum atomic E-state index is 13.1. The van der Waals surface area contributed by atoms with Crippen molar-refractivity contribution >= 4 is 33.1 Å². The lowest BCUT2D eigenvalue weighted by atomic mass is 10.0. The van der Waals surface area contributed by atoms with Crippen molar-refractivity contribution in [3.63, 3.8) is 0 Å². The molecule has 0 spiro atoms. The fourth-order valence-electron chi connectivity index (χ4n) is 2.10. The molecular formula is C16H9BrFN3S. The summed E-state index contributed by atoms with van der Waals surface area (Å²) in [7, 11) is 0. The number of nitrogens with zero attached hydrogens (tertiary/aromatic N) is 2. The Labute approximate surface area is 139 Å². The second kappa shape index (κ2) is 5.87. The first-order valence-corrected chi connectivity index (χ1v) is 7.96. The van der Waals surface area contributed by atoms with Crippen molar-refractivity contribution in [2.45, 2.75) is 0 Å². The van der Waals surface area contributed by atoms with Crippen LogP contribution < -0.4 is 5.73 Å². The van der Waals surface area contributed by atoms with Crippen LogP contribution in [0.3, 0.4) is 0 Å². The quantitative estimate of drug-likeness (QED) is 0.699. The van der Waals surface area contributed by atoms with E-state index in [1.165, 1.54) is 23.5 Å². The van der Waals surface area contributed by atoms with Crippen molar-refractivity contribution in [3.05, 3.63) is 57.6 Å². The summed E-state index contributed by atoms with van der Waals surface area (Å²) in [6.45, 7) is 0. The van der Waals surface area contributed by atoms with Gasteiger partial charge in [0.25, 0.3) is 0 Å². The second-order valence-electron chi connectivity index (χ2n) is 4.56. The van der Waals surface area contributed by atoms with E-state index in [1.54, 1.807) is 18.2 Å². The molecule has 3 nitrogen and oxygen atoms in total. The molecule has 2 aromatic heterocycles. The Hall–Kier alpha value is -2.23. The maximum absolute atomic E-state index is 13.1. The predicted molar refractivity (Wildman–Crippen MR) is 89.8 cm³/mol. The van der Waals surface area contributed by atoms with E-state index < -0.39 is 0 Å². The van der Waals surface area contributed by atoms with E-state index >= 15 is 0 Å². The normalized spacial score (nSPS) is 10.4. The molecule has 0 bridgehead atoms. The molecule has 0 atom stereocenters. The number of hydrogen-bond acceptors (Lipinski definition) is 4. The molecule has 1 aromatic carbocycles. The summed E-state index contributed by atoms with van der Waals surface area (Å²) in [5.41, 5.74) is 8.36. The van der Waals surface area contributed by atoms with Crippen molar-refractivity contribution in [1.29, 1.82) is 5.26 Å². The van der Waals surface area contributed by atoms with E-state index in [4.69, 9.17) is 5.73 Å². The van der Waals surface area contributed by atoms with Crippen LogP contribution >= 0.6 is 27.3 Å². The topological polar surface area (TPSA) is 62.7 Å². The molecule has 3 rings (SSSR count). The van der Waals surface area contributed by atoms with Crippen LogP contribution in [0.2, 0.25) is 0 Å². The lowest BCUT2D eigenvalue weighted by molar-refractivity contribution is 0.628. The third kappa shape index (κ3) is 2.73. The summed E-state index contributed by atoms with van der Waals surface area (Å²) in [6, 6.07) is 11.8. The fourth-order valence-corrected chi connectivity index (χ4v) is 3.55. The third-order valence-corrected chi connectivity index (χ3v) is 4.86. The van der Waals surface area contributed by atoms with Gasteiger partial charge in [-0.05, 0) is 52.3 Å². The first kappa shape index (κ1) is 14.7. The van der Waals surface area contributed by atoms with Crippen LogP contribution in [0.25, 0.3) is 21.7 Å². The molecule has 2 heterocycles.